The number of aromatic nitrogens is 1. The van der Waals surface area contributed by atoms with E-state index in [2.05, 4.69) is 10.3 Å². The van der Waals surface area contributed by atoms with Crippen molar-refractivity contribution in [3.63, 3.8) is 0 Å². The molecule has 1 aromatic heterocycles. The topological polar surface area (TPSA) is 115 Å². The van der Waals surface area contributed by atoms with Crippen LogP contribution in [0, 0.1) is 17.0 Å². The highest BCUT2D eigenvalue weighted by Gasteiger charge is 2.43. The molecule has 8 heteroatoms. The molecule has 0 aromatic carbocycles. The Hall–Kier alpha value is -2.22. The summed E-state index contributed by atoms with van der Waals surface area (Å²) < 4.78 is 5.11. The second-order valence-electron chi connectivity index (χ2n) is 4.37. The maximum Gasteiger partial charge on any atom is 0.331 e. The molecule has 8 nitrogen and oxygen atoms in total. The lowest BCUT2D eigenvalue weighted by molar-refractivity contribution is -0.385. The molecule has 2 N–H and O–H groups in total. The second kappa shape index (κ2) is 4.81. The molecule has 0 amide bonds. The molecule has 1 aliphatic rings. The minimum absolute atomic E-state index is 0.0417. The first-order valence-corrected chi connectivity index (χ1v) is 5.66. The van der Waals surface area contributed by atoms with E-state index in [4.69, 9.17) is 4.74 Å². The maximum absolute atomic E-state index is 11.3. The lowest BCUT2D eigenvalue weighted by Crippen LogP contribution is -2.47. The molecule has 1 fully saturated rings. The van der Waals surface area contributed by atoms with Gasteiger partial charge in [0.05, 0.1) is 11.5 Å². The van der Waals surface area contributed by atoms with Crippen LogP contribution in [0.4, 0.5) is 11.5 Å². The fraction of sp³-hybridized carbons (Fsp3) is 0.455. The summed E-state index contributed by atoms with van der Waals surface area (Å²) in [4.78, 5) is 25.5. The molecule has 0 saturated carbocycles. The van der Waals surface area contributed by atoms with Crippen LogP contribution in [0.15, 0.2) is 12.1 Å². The van der Waals surface area contributed by atoms with Crippen LogP contribution in [0.2, 0.25) is 0 Å². The van der Waals surface area contributed by atoms with E-state index in [1.807, 2.05) is 0 Å². The van der Waals surface area contributed by atoms with Gasteiger partial charge in [-0.3, -0.25) is 10.1 Å². The van der Waals surface area contributed by atoms with Gasteiger partial charge < -0.3 is 15.2 Å². The largest absolute Gasteiger partial charge is 0.479 e. The van der Waals surface area contributed by atoms with Crippen molar-refractivity contribution >= 4 is 17.5 Å². The van der Waals surface area contributed by atoms with E-state index < -0.39 is 16.4 Å². The van der Waals surface area contributed by atoms with Gasteiger partial charge in [-0.25, -0.2) is 9.78 Å². The zero-order valence-corrected chi connectivity index (χ0v) is 10.3. The van der Waals surface area contributed by atoms with Crippen molar-refractivity contribution < 1.29 is 19.6 Å². The van der Waals surface area contributed by atoms with Crippen molar-refractivity contribution in [3.05, 3.63) is 27.9 Å². The summed E-state index contributed by atoms with van der Waals surface area (Å²) in [5.41, 5.74) is -1.08. The molecule has 1 aliphatic heterocycles. The van der Waals surface area contributed by atoms with E-state index in [9.17, 15) is 20.0 Å². The van der Waals surface area contributed by atoms with Crippen LogP contribution in [0.25, 0.3) is 0 Å². The lowest BCUT2D eigenvalue weighted by atomic mass is 9.99. The fourth-order valence-electron chi connectivity index (χ4n) is 1.95. The molecule has 1 atom stereocenters. The Kier molecular flexibility index (Phi) is 3.34. The van der Waals surface area contributed by atoms with Crippen LogP contribution >= 0.6 is 0 Å². The highest BCUT2D eigenvalue weighted by molar-refractivity contribution is 5.83. The third kappa shape index (κ3) is 2.48. The SMILES string of the molecule is Cc1nc(NC2(C(=O)O)CCOC2)ccc1[N+](=O)[O-]. The summed E-state index contributed by atoms with van der Waals surface area (Å²) in [6.07, 6.45) is 0.319. The highest BCUT2D eigenvalue weighted by Crippen LogP contribution is 2.25. The normalized spacial score (nSPS) is 22.2. The van der Waals surface area contributed by atoms with Gasteiger partial charge in [0, 0.05) is 19.1 Å². The summed E-state index contributed by atoms with van der Waals surface area (Å²) in [6, 6.07) is 2.70. The van der Waals surface area contributed by atoms with Crippen molar-refractivity contribution in [2.75, 3.05) is 18.5 Å². The zero-order chi connectivity index (χ0) is 14.0. The van der Waals surface area contributed by atoms with E-state index in [0.717, 1.165) is 0 Å². The van der Waals surface area contributed by atoms with Gasteiger partial charge in [0.1, 0.15) is 11.5 Å². The Morgan fingerprint density at radius 3 is 2.84 bits per heavy atom. The van der Waals surface area contributed by atoms with Gasteiger partial charge >= 0.3 is 5.97 Å². The third-order valence-corrected chi connectivity index (χ3v) is 3.05. The number of anilines is 1. The maximum atomic E-state index is 11.3. The van der Waals surface area contributed by atoms with Gasteiger partial charge in [-0.05, 0) is 13.0 Å². The average molecular weight is 267 g/mol. The number of carbonyl (C=O) groups is 1. The van der Waals surface area contributed by atoms with Crippen molar-refractivity contribution in [2.24, 2.45) is 0 Å². The van der Waals surface area contributed by atoms with E-state index in [1.54, 1.807) is 0 Å². The minimum Gasteiger partial charge on any atom is -0.479 e. The Labute approximate surface area is 108 Å². The van der Waals surface area contributed by atoms with E-state index >= 15 is 0 Å². The van der Waals surface area contributed by atoms with Crippen molar-refractivity contribution in [1.29, 1.82) is 0 Å². The van der Waals surface area contributed by atoms with Crippen LogP contribution < -0.4 is 5.32 Å². The monoisotopic (exact) mass is 267 g/mol. The Balaban J connectivity index is 2.26. The molecule has 1 saturated heterocycles. The number of hydrogen-bond acceptors (Lipinski definition) is 6. The molecule has 1 aromatic rings. The lowest BCUT2D eigenvalue weighted by Gasteiger charge is -2.24. The molecule has 0 bridgehead atoms. The van der Waals surface area contributed by atoms with E-state index in [-0.39, 0.29) is 23.8 Å². The Morgan fingerprint density at radius 2 is 2.37 bits per heavy atom. The summed E-state index contributed by atoms with van der Waals surface area (Å²) in [7, 11) is 0. The average Bonchev–Trinajstić information content (AvgIpc) is 2.78. The van der Waals surface area contributed by atoms with Gasteiger partial charge in [-0.2, -0.15) is 0 Å². The first kappa shape index (κ1) is 13.2. The molecule has 2 rings (SSSR count). The Morgan fingerprint density at radius 1 is 1.63 bits per heavy atom. The zero-order valence-electron chi connectivity index (χ0n) is 10.3. The predicted molar refractivity (Wildman–Crippen MR) is 65.1 cm³/mol. The first-order chi connectivity index (χ1) is 8.94. The number of nitrogens with zero attached hydrogens (tertiary/aromatic N) is 2. The van der Waals surface area contributed by atoms with Crippen LogP contribution in [-0.4, -0.2) is 39.7 Å². The number of rotatable bonds is 4. The molecular weight excluding hydrogens is 254 g/mol. The van der Waals surface area contributed by atoms with Gasteiger partial charge in [-0.1, -0.05) is 0 Å². The van der Waals surface area contributed by atoms with Crippen LogP contribution in [0.3, 0.4) is 0 Å². The van der Waals surface area contributed by atoms with Gasteiger partial charge in [0.25, 0.3) is 5.69 Å². The number of ether oxygens (including phenoxy) is 1. The van der Waals surface area contributed by atoms with Crippen molar-refractivity contribution in [2.45, 2.75) is 18.9 Å². The molecule has 19 heavy (non-hydrogen) atoms. The van der Waals surface area contributed by atoms with Gasteiger partial charge in [0.2, 0.25) is 0 Å². The van der Waals surface area contributed by atoms with Crippen molar-refractivity contribution in [3.8, 4) is 0 Å². The standard InChI is InChI=1S/C11H13N3O5/c1-7-8(14(17)18)2-3-9(12-7)13-11(10(15)16)4-5-19-6-11/h2-3H,4-6H2,1H3,(H,12,13)(H,15,16). The second-order valence-corrected chi connectivity index (χ2v) is 4.37. The molecular formula is C11H13N3O5. The number of aryl methyl sites for hydroxylation is 1. The summed E-state index contributed by atoms with van der Waals surface area (Å²) in [6.45, 7) is 1.90. The Bertz CT molecular complexity index is 525. The minimum atomic E-state index is -1.21. The summed E-state index contributed by atoms with van der Waals surface area (Å²) in [5, 5.41) is 22.7. The summed E-state index contributed by atoms with van der Waals surface area (Å²) in [5.74, 6) is -0.737. The van der Waals surface area contributed by atoms with Crippen molar-refractivity contribution in [1.82, 2.24) is 4.98 Å². The number of carboxylic acids is 1. The quantitative estimate of drug-likeness (QED) is 0.616. The number of pyridine rings is 1. The van der Waals surface area contributed by atoms with Gasteiger partial charge in [0.15, 0.2) is 5.54 Å². The van der Waals surface area contributed by atoms with E-state index in [0.29, 0.717) is 13.0 Å². The number of nitrogens with one attached hydrogen (secondary N) is 1. The third-order valence-electron chi connectivity index (χ3n) is 3.05. The molecule has 0 aliphatic carbocycles. The van der Waals surface area contributed by atoms with Crippen LogP contribution in [0.5, 0.6) is 0 Å². The number of hydrogen-bond donors (Lipinski definition) is 2. The predicted octanol–water partition coefficient (Wildman–Crippen LogP) is 0.954. The van der Waals surface area contributed by atoms with Gasteiger partial charge in [-0.15, -0.1) is 0 Å². The number of aliphatic carboxylic acids is 1. The molecule has 0 spiro atoms. The molecule has 102 valence electrons. The highest BCUT2D eigenvalue weighted by atomic mass is 16.6. The smallest absolute Gasteiger partial charge is 0.331 e. The van der Waals surface area contributed by atoms with Crippen LogP contribution in [0.1, 0.15) is 12.1 Å². The number of nitro groups is 1. The van der Waals surface area contributed by atoms with Crippen LogP contribution in [-0.2, 0) is 9.53 Å². The number of carboxylic acid groups (broad SMARTS) is 1. The first-order valence-electron chi connectivity index (χ1n) is 5.66. The molecule has 1 unspecified atom stereocenters. The molecule has 2 heterocycles. The summed E-state index contributed by atoms with van der Waals surface area (Å²) >= 11 is 0. The fourth-order valence-corrected chi connectivity index (χ4v) is 1.95. The van der Waals surface area contributed by atoms with E-state index in [1.165, 1.54) is 19.1 Å². The molecule has 0 radical (unpaired) electrons.